The molecule has 3 amide bonds. The van der Waals surface area contributed by atoms with Crippen molar-refractivity contribution in [2.45, 2.75) is 31.7 Å². The maximum Gasteiger partial charge on any atom is 0.251 e. The summed E-state index contributed by atoms with van der Waals surface area (Å²) in [4.78, 5) is 40.4. The van der Waals surface area contributed by atoms with Gasteiger partial charge in [0.2, 0.25) is 11.8 Å². The highest BCUT2D eigenvalue weighted by Crippen LogP contribution is 2.20. The van der Waals surface area contributed by atoms with Crippen LogP contribution in [0.25, 0.3) is 0 Å². The third-order valence-corrected chi connectivity index (χ3v) is 4.98. The highest BCUT2D eigenvalue weighted by molar-refractivity contribution is 5.97. The first-order valence-corrected chi connectivity index (χ1v) is 9.56. The maximum atomic E-state index is 12.4. The molecular formula is C20H28N4O3. The first-order chi connectivity index (χ1) is 12.9. The molecule has 0 radical (unpaired) electrons. The van der Waals surface area contributed by atoms with E-state index in [9.17, 15) is 14.4 Å². The lowest BCUT2D eigenvalue weighted by Gasteiger charge is -2.32. The number of nitrogens with one attached hydrogen (secondary N) is 2. The highest BCUT2D eigenvalue weighted by atomic mass is 16.2. The monoisotopic (exact) mass is 372 g/mol. The number of amides is 3. The normalized spacial score (nSPS) is 20.0. The zero-order valence-electron chi connectivity index (χ0n) is 16.0. The number of rotatable bonds is 6. The molecule has 1 aliphatic heterocycles. The number of carbonyl (C=O) groups is 3. The van der Waals surface area contributed by atoms with Crippen LogP contribution in [-0.2, 0) is 9.59 Å². The summed E-state index contributed by atoms with van der Waals surface area (Å²) >= 11 is 0. The van der Waals surface area contributed by atoms with Gasteiger partial charge in [-0.1, -0.05) is 6.07 Å². The van der Waals surface area contributed by atoms with Gasteiger partial charge in [0.15, 0.2) is 0 Å². The lowest BCUT2D eigenvalue weighted by molar-refractivity contribution is -0.135. The largest absolute Gasteiger partial charge is 0.349 e. The molecule has 2 N–H and O–H groups in total. The lowest BCUT2D eigenvalue weighted by atomic mass is 9.97. The number of carbonyl (C=O) groups excluding carboxylic acids is 3. The Balaban J connectivity index is 1.52. The van der Waals surface area contributed by atoms with Crippen molar-refractivity contribution >= 4 is 23.4 Å². The minimum atomic E-state index is -0.132. The summed E-state index contributed by atoms with van der Waals surface area (Å²) in [6.07, 6.45) is 3.85. The average Bonchev–Trinajstić information content (AvgIpc) is 3.45. The SMILES string of the molecule is CN(C)C(=O)C1CCCN(CC(=O)Nc2cccc(C(=O)NC3CC3)c2)C1. The fourth-order valence-corrected chi connectivity index (χ4v) is 3.40. The molecule has 2 fully saturated rings. The molecule has 0 aromatic heterocycles. The van der Waals surface area contributed by atoms with Crippen LogP contribution >= 0.6 is 0 Å². The maximum absolute atomic E-state index is 12.4. The van der Waals surface area contributed by atoms with Crippen molar-refractivity contribution in [1.29, 1.82) is 0 Å². The fraction of sp³-hybridized carbons (Fsp3) is 0.550. The Bertz CT molecular complexity index is 715. The van der Waals surface area contributed by atoms with E-state index in [1.54, 1.807) is 43.3 Å². The van der Waals surface area contributed by atoms with Gasteiger partial charge < -0.3 is 15.5 Å². The van der Waals surface area contributed by atoms with E-state index in [1.165, 1.54) is 0 Å². The van der Waals surface area contributed by atoms with Gasteiger partial charge in [-0.05, 0) is 50.4 Å². The zero-order valence-corrected chi connectivity index (χ0v) is 16.0. The molecular weight excluding hydrogens is 344 g/mol. The molecule has 1 unspecified atom stereocenters. The molecule has 7 heteroatoms. The molecule has 7 nitrogen and oxygen atoms in total. The van der Waals surface area contributed by atoms with Gasteiger partial charge in [-0.3, -0.25) is 19.3 Å². The molecule has 1 saturated carbocycles. The predicted molar refractivity (Wildman–Crippen MR) is 103 cm³/mol. The van der Waals surface area contributed by atoms with Crippen LogP contribution in [-0.4, -0.2) is 67.3 Å². The van der Waals surface area contributed by atoms with Crippen molar-refractivity contribution in [3.63, 3.8) is 0 Å². The smallest absolute Gasteiger partial charge is 0.251 e. The summed E-state index contributed by atoms with van der Waals surface area (Å²) in [6, 6.07) is 7.29. The Morgan fingerprint density at radius 3 is 2.67 bits per heavy atom. The number of piperidine rings is 1. The van der Waals surface area contributed by atoms with Crippen molar-refractivity contribution in [2.24, 2.45) is 5.92 Å². The highest BCUT2D eigenvalue weighted by Gasteiger charge is 2.28. The minimum Gasteiger partial charge on any atom is -0.349 e. The predicted octanol–water partition coefficient (Wildman–Crippen LogP) is 1.32. The molecule has 1 atom stereocenters. The van der Waals surface area contributed by atoms with Gasteiger partial charge in [0.05, 0.1) is 12.5 Å². The van der Waals surface area contributed by atoms with Gasteiger partial charge in [-0.25, -0.2) is 0 Å². The number of likely N-dealkylation sites (tertiary alicyclic amines) is 1. The number of anilines is 1. The van der Waals surface area contributed by atoms with E-state index in [-0.39, 0.29) is 30.2 Å². The Morgan fingerprint density at radius 2 is 1.96 bits per heavy atom. The summed E-state index contributed by atoms with van der Waals surface area (Å²) in [7, 11) is 3.53. The molecule has 0 spiro atoms. The molecule has 1 saturated heterocycles. The third-order valence-electron chi connectivity index (χ3n) is 4.98. The van der Waals surface area contributed by atoms with E-state index in [2.05, 4.69) is 10.6 Å². The van der Waals surface area contributed by atoms with E-state index in [0.29, 0.717) is 23.8 Å². The van der Waals surface area contributed by atoms with Crippen LogP contribution in [0, 0.1) is 5.92 Å². The van der Waals surface area contributed by atoms with E-state index in [4.69, 9.17) is 0 Å². The molecule has 1 aliphatic carbocycles. The van der Waals surface area contributed by atoms with Crippen LogP contribution in [0.3, 0.4) is 0 Å². The average molecular weight is 372 g/mol. The molecule has 0 bridgehead atoms. The van der Waals surface area contributed by atoms with E-state index in [0.717, 1.165) is 32.2 Å². The molecule has 1 aromatic rings. The topological polar surface area (TPSA) is 81.8 Å². The van der Waals surface area contributed by atoms with Gasteiger partial charge in [-0.2, -0.15) is 0 Å². The Hall–Kier alpha value is -2.41. The summed E-state index contributed by atoms with van der Waals surface area (Å²) < 4.78 is 0. The Labute approximate surface area is 160 Å². The quantitative estimate of drug-likeness (QED) is 0.789. The van der Waals surface area contributed by atoms with Crippen LogP contribution in [0.2, 0.25) is 0 Å². The molecule has 1 heterocycles. The van der Waals surface area contributed by atoms with Crippen LogP contribution in [0.4, 0.5) is 5.69 Å². The fourth-order valence-electron chi connectivity index (χ4n) is 3.40. The molecule has 146 valence electrons. The number of benzene rings is 1. The van der Waals surface area contributed by atoms with Crippen molar-refractivity contribution < 1.29 is 14.4 Å². The van der Waals surface area contributed by atoms with Crippen molar-refractivity contribution in [2.75, 3.05) is 39.0 Å². The van der Waals surface area contributed by atoms with Crippen LogP contribution in [0.15, 0.2) is 24.3 Å². The van der Waals surface area contributed by atoms with Gasteiger partial charge in [0, 0.05) is 37.9 Å². The zero-order chi connectivity index (χ0) is 19.4. The number of nitrogens with zero attached hydrogens (tertiary/aromatic N) is 2. The van der Waals surface area contributed by atoms with Crippen LogP contribution in [0.1, 0.15) is 36.0 Å². The third kappa shape index (κ3) is 5.53. The van der Waals surface area contributed by atoms with Crippen molar-refractivity contribution in [3.05, 3.63) is 29.8 Å². The van der Waals surface area contributed by atoms with Gasteiger partial charge >= 0.3 is 0 Å². The van der Waals surface area contributed by atoms with E-state index in [1.807, 2.05) is 4.90 Å². The van der Waals surface area contributed by atoms with Gasteiger partial charge in [-0.15, -0.1) is 0 Å². The molecule has 3 rings (SSSR count). The van der Waals surface area contributed by atoms with Gasteiger partial charge in [0.25, 0.3) is 5.91 Å². The van der Waals surface area contributed by atoms with Crippen molar-refractivity contribution in [1.82, 2.24) is 15.1 Å². The van der Waals surface area contributed by atoms with Crippen molar-refractivity contribution in [3.8, 4) is 0 Å². The minimum absolute atomic E-state index is 0.0454. The first-order valence-electron chi connectivity index (χ1n) is 9.56. The summed E-state index contributed by atoms with van der Waals surface area (Å²) in [5.74, 6) is -0.159. The van der Waals surface area contributed by atoms with E-state index < -0.39 is 0 Å². The van der Waals surface area contributed by atoms with Crippen LogP contribution in [0.5, 0.6) is 0 Å². The first kappa shape index (κ1) is 19.4. The molecule has 1 aromatic carbocycles. The van der Waals surface area contributed by atoms with E-state index >= 15 is 0 Å². The molecule has 27 heavy (non-hydrogen) atoms. The number of hydrogen-bond acceptors (Lipinski definition) is 4. The Morgan fingerprint density at radius 1 is 1.19 bits per heavy atom. The summed E-state index contributed by atoms with van der Waals surface area (Å²) in [5.41, 5.74) is 1.16. The lowest BCUT2D eigenvalue weighted by Crippen LogP contribution is -2.45. The Kier molecular flexibility index (Phi) is 6.11. The summed E-state index contributed by atoms with van der Waals surface area (Å²) in [6.45, 7) is 1.67. The second-order valence-corrected chi connectivity index (χ2v) is 7.68. The summed E-state index contributed by atoms with van der Waals surface area (Å²) in [5, 5.41) is 5.81. The number of hydrogen-bond donors (Lipinski definition) is 2. The van der Waals surface area contributed by atoms with Crippen LogP contribution < -0.4 is 10.6 Å². The second-order valence-electron chi connectivity index (χ2n) is 7.68. The molecule has 2 aliphatic rings. The van der Waals surface area contributed by atoms with Gasteiger partial charge in [0.1, 0.15) is 0 Å². The standard InChI is InChI=1S/C20H28N4O3/c1-23(2)20(27)15-6-4-10-24(12-15)13-18(25)21-17-7-3-5-14(11-17)19(26)22-16-8-9-16/h3,5,7,11,15-16H,4,6,8-10,12-13H2,1-2H3,(H,21,25)(H,22,26). The second kappa shape index (κ2) is 8.52.